The molecule has 0 aliphatic rings. The SMILES string of the molecule is c1cnc(-c2cnc3[nH]nc(-c4cc5cnccc5[nH]4)c3c2)cn1. The van der Waals surface area contributed by atoms with Gasteiger partial charge in [-0.3, -0.25) is 20.1 Å². The molecule has 0 spiro atoms. The quantitative estimate of drug-likeness (QED) is 0.522. The van der Waals surface area contributed by atoms with Crippen LogP contribution in [0.4, 0.5) is 0 Å². The molecule has 24 heavy (non-hydrogen) atoms. The van der Waals surface area contributed by atoms with Crippen molar-refractivity contribution in [3.8, 4) is 22.6 Å². The van der Waals surface area contributed by atoms with E-state index < -0.39 is 0 Å². The van der Waals surface area contributed by atoms with E-state index in [1.54, 1.807) is 31.0 Å². The maximum absolute atomic E-state index is 4.45. The summed E-state index contributed by atoms with van der Waals surface area (Å²) >= 11 is 0. The van der Waals surface area contributed by atoms with Gasteiger partial charge in [0.05, 0.1) is 17.6 Å². The first kappa shape index (κ1) is 12.9. The number of pyridine rings is 2. The molecule has 2 N–H and O–H groups in total. The highest BCUT2D eigenvalue weighted by molar-refractivity contribution is 5.95. The lowest BCUT2D eigenvalue weighted by molar-refractivity contribution is 1.10. The second-order valence-corrected chi connectivity index (χ2v) is 5.43. The van der Waals surface area contributed by atoms with Crippen molar-refractivity contribution >= 4 is 21.9 Å². The Kier molecular flexibility index (Phi) is 2.66. The van der Waals surface area contributed by atoms with Gasteiger partial charge in [0.1, 0.15) is 5.69 Å². The first-order valence-corrected chi connectivity index (χ1v) is 7.42. The lowest BCUT2D eigenvalue weighted by Crippen LogP contribution is -1.86. The average Bonchev–Trinajstić information content (AvgIpc) is 3.25. The van der Waals surface area contributed by atoms with E-state index in [1.165, 1.54) is 0 Å². The smallest absolute Gasteiger partial charge is 0.155 e. The number of nitrogens with one attached hydrogen (secondary N) is 2. The summed E-state index contributed by atoms with van der Waals surface area (Å²) in [4.78, 5) is 20.4. The standard InChI is InChI=1S/C17H11N7/c1-2-18-7-11-6-14(22-13(1)11)16-12-5-10(8-21-17(12)24-23-16)15-9-19-3-4-20-15/h1-9,22H,(H,21,23,24). The van der Waals surface area contributed by atoms with Gasteiger partial charge in [-0.2, -0.15) is 5.10 Å². The number of nitrogens with zero attached hydrogens (tertiary/aromatic N) is 5. The number of H-pyrrole nitrogens is 2. The van der Waals surface area contributed by atoms with Crippen LogP contribution < -0.4 is 0 Å². The lowest BCUT2D eigenvalue weighted by atomic mass is 10.1. The summed E-state index contributed by atoms with van der Waals surface area (Å²) in [5.74, 6) is 0. The minimum absolute atomic E-state index is 0.731. The van der Waals surface area contributed by atoms with Crippen LogP contribution in [0.1, 0.15) is 0 Å². The second kappa shape index (κ2) is 4.95. The largest absolute Gasteiger partial charge is 0.353 e. The van der Waals surface area contributed by atoms with Crippen molar-refractivity contribution in [1.82, 2.24) is 35.1 Å². The van der Waals surface area contributed by atoms with Crippen LogP contribution in [0.5, 0.6) is 0 Å². The Morgan fingerprint density at radius 3 is 2.71 bits per heavy atom. The Balaban J connectivity index is 1.71. The van der Waals surface area contributed by atoms with E-state index in [1.807, 2.05) is 24.4 Å². The monoisotopic (exact) mass is 313 g/mol. The van der Waals surface area contributed by atoms with Crippen LogP contribution >= 0.6 is 0 Å². The fourth-order valence-electron chi connectivity index (χ4n) is 2.80. The molecule has 5 rings (SSSR count). The van der Waals surface area contributed by atoms with Crippen molar-refractivity contribution < 1.29 is 0 Å². The third-order valence-corrected chi connectivity index (χ3v) is 3.95. The van der Waals surface area contributed by atoms with Crippen LogP contribution in [-0.2, 0) is 0 Å². The van der Waals surface area contributed by atoms with Gasteiger partial charge in [0, 0.05) is 52.8 Å². The molecule has 114 valence electrons. The topological polar surface area (TPSA) is 96.0 Å². The van der Waals surface area contributed by atoms with Gasteiger partial charge in [-0.25, -0.2) is 4.98 Å². The van der Waals surface area contributed by atoms with Gasteiger partial charge >= 0.3 is 0 Å². The van der Waals surface area contributed by atoms with Crippen molar-refractivity contribution in [2.45, 2.75) is 0 Å². The van der Waals surface area contributed by atoms with Crippen LogP contribution in [0, 0.1) is 0 Å². The summed E-state index contributed by atoms with van der Waals surface area (Å²) in [7, 11) is 0. The summed E-state index contributed by atoms with van der Waals surface area (Å²) in [6, 6.07) is 6.00. The Labute approximate surface area is 135 Å². The van der Waals surface area contributed by atoms with Gasteiger partial charge in [0.25, 0.3) is 0 Å². The molecule has 0 saturated carbocycles. The Bertz CT molecular complexity index is 1120. The third-order valence-electron chi connectivity index (χ3n) is 3.95. The number of aromatic nitrogens is 7. The van der Waals surface area contributed by atoms with Crippen LogP contribution in [0.25, 0.3) is 44.6 Å². The van der Waals surface area contributed by atoms with Crippen LogP contribution in [0.3, 0.4) is 0 Å². The second-order valence-electron chi connectivity index (χ2n) is 5.43. The molecule has 0 radical (unpaired) electrons. The molecule has 0 fully saturated rings. The number of aromatic amines is 2. The molecule has 0 bridgehead atoms. The van der Waals surface area contributed by atoms with E-state index in [2.05, 4.69) is 35.1 Å². The molecule has 0 aliphatic carbocycles. The molecular weight excluding hydrogens is 302 g/mol. The van der Waals surface area contributed by atoms with E-state index in [9.17, 15) is 0 Å². The van der Waals surface area contributed by atoms with Crippen molar-refractivity contribution in [1.29, 1.82) is 0 Å². The molecule has 0 aromatic carbocycles. The first-order chi connectivity index (χ1) is 11.9. The molecule has 7 heteroatoms. The van der Waals surface area contributed by atoms with Gasteiger partial charge in [-0.15, -0.1) is 0 Å². The van der Waals surface area contributed by atoms with E-state index in [4.69, 9.17) is 0 Å². The van der Waals surface area contributed by atoms with Crippen molar-refractivity contribution in [3.05, 3.63) is 55.4 Å². The first-order valence-electron chi connectivity index (χ1n) is 7.42. The van der Waals surface area contributed by atoms with Crippen molar-refractivity contribution in [3.63, 3.8) is 0 Å². The zero-order valence-electron chi connectivity index (χ0n) is 12.4. The highest BCUT2D eigenvalue weighted by Gasteiger charge is 2.13. The predicted molar refractivity (Wildman–Crippen MR) is 90.0 cm³/mol. The number of rotatable bonds is 2. The summed E-state index contributed by atoms with van der Waals surface area (Å²) in [6.07, 6.45) is 10.4. The zero-order valence-corrected chi connectivity index (χ0v) is 12.4. The zero-order chi connectivity index (χ0) is 15.9. The summed E-state index contributed by atoms with van der Waals surface area (Å²) in [5, 5.41) is 9.37. The van der Waals surface area contributed by atoms with Gasteiger partial charge in [0.15, 0.2) is 5.65 Å². The van der Waals surface area contributed by atoms with Crippen molar-refractivity contribution in [2.24, 2.45) is 0 Å². The summed E-state index contributed by atoms with van der Waals surface area (Å²) < 4.78 is 0. The van der Waals surface area contributed by atoms with E-state index in [0.29, 0.717) is 0 Å². The summed E-state index contributed by atoms with van der Waals surface area (Å²) in [5.41, 5.74) is 5.17. The van der Waals surface area contributed by atoms with Gasteiger partial charge < -0.3 is 4.98 Å². The Morgan fingerprint density at radius 2 is 1.83 bits per heavy atom. The van der Waals surface area contributed by atoms with E-state index >= 15 is 0 Å². The molecule has 0 saturated heterocycles. The molecule has 5 heterocycles. The lowest BCUT2D eigenvalue weighted by Gasteiger charge is -2.00. The minimum Gasteiger partial charge on any atom is -0.353 e. The predicted octanol–water partition coefficient (Wildman–Crippen LogP) is 2.96. The van der Waals surface area contributed by atoms with Gasteiger partial charge in [-0.1, -0.05) is 0 Å². The number of hydrogen-bond acceptors (Lipinski definition) is 5. The van der Waals surface area contributed by atoms with Gasteiger partial charge in [0.2, 0.25) is 0 Å². The van der Waals surface area contributed by atoms with Crippen LogP contribution in [0.2, 0.25) is 0 Å². The minimum atomic E-state index is 0.731. The highest BCUT2D eigenvalue weighted by Crippen LogP contribution is 2.29. The van der Waals surface area contributed by atoms with E-state index in [0.717, 1.165) is 44.6 Å². The number of fused-ring (bicyclic) bond motifs is 2. The maximum atomic E-state index is 4.45. The maximum Gasteiger partial charge on any atom is 0.155 e. The fraction of sp³-hybridized carbons (Fsp3) is 0. The molecule has 0 atom stereocenters. The fourth-order valence-corrected chi connectivity index (χ4v) is 2.80. The Morgan fingerprint density at radius 1 is 0.875 bits per heavy atom. The third kappa shape index (κ3) is 1.95. The van der Waals surface area contributed by atoms with Crippen molar-refractivity contribution in [2.75, 3.05) is 0 Å². The molecule has 0 aliphatic heterocycles. The molecular formula is C17H11N7. The molecule has 5 aromatic heterocycles. The molecule has 0 amide bonds. The van der Waals surface area contributed by atoms with E-state index in [-0.39, 0.29) is 0 Å². The summed E-state index contributed by atoms with van der Waals surface area (Å²) in [6.45, 7) is 0. The highest BCUT2D eigenvalue weighted by atomic mass is 15.2. The van der Waals surface area contributed by atoms with Gasteiger partial charge in [-0.05, 0) is 18.2 Å². The Hall–Kier alpha value is -3.61. The molecule has 5 aromatic rings. The molecule has 0 unspecified atom stereocenters. The molecule has 7 nitrogen and oxygen atoms in total. The number of hydrogen-bond donors (Lipinski definition) is 2. The average molecular weight is 313 g/mol. The normalized spacial score (nSPS) is 11.3. The van der Waals surface area contributed by atoms with Crippen LogP contribution in [0.15, 0.2) is 55.4 Å². The van der Waals surface area contributed by atoms with Crippen LogP contribution in [-0.4, -0.2) is 35.1 Å².